The molecule has 0 saturated carbocycles. The molecule has 1 aliphatic carbocycles. The van der Waals surface area contributed by atoms with E-state index in [2.05, 4.69) is 118 Å². The van der Waals surface area contributed by atoms with Crippen molar-refractivity contribution in [2.45, 2.75) is 31.6 Å². The molecule has 0 spiro atoms. The number of phenols is 1. The molecule has 5 aromatic carbocycles. The largest absolute Gasteiger partial charge is 0.507 e. The van der Waals surface area contributed by atoms with Crippen molar-refractivity contribution in [1.82, 2.24) is 9.97 Å². The molecule has 3 nitrogen and oxygen atoms in total. The van der Waals surface area contributed by atoms with Gasteiger partial charge >= 0.3 is 0 Å². The Morgan fingerprint density at radius 1 is 0.614 bits per heavy atom. The maximum Gasteiger partial charge on any atom is 0.124 e. The number of benzene rings is 5. The van der Waals surface area contributed by atoms with Gasteiger partial charge in [0.15, 0.2) is 0 Å². The van der Waals surface area contributed by atoms with Gasteiger partial charge in [-0.1, -0.05) is 112 Å². The number of para-hydroxylation sites is 1. The fourth-order valence-electron chi connectivity index (χ4n) is 7.25. The zero-order valence-corrected chi connectivity index (χ0v) is 25.0. The van der Waals surface area contributed by atoms with Crippen molar-refractivity contribution in [2.24, 2.45) is 0 Å². The second kappa shape index (κ2) is 9.62. The van der Waals surface area contributed by atoms with Gasteiger partial charge in [-0.2, -0.15) is 0 Å². The van der Waals surface area contributed by atoms with E-state index >= 15 is 0 Å². The molecule has 0 bridgehead atoms. The molecule has 0 saturated heterocycles. The summed E-state index contributed by atoms with van der Waals surface area (Å²) in [5.74, 6) is 0.230. The van der Waals surface area contributed by atoms with Crippen molar-refractivity contribution < 1.29 is 5.11 Å². The third kappa shape index (κ3) is 3.75. The van der Waals surface area contributed by atoms with E-state index in [4.69, 9.17) is 9.97 Å². The topological polar surface area (TPSA) is 46.0 Å². The molecule has 212 valence electrons. The highest BCUT2D eigenvalue weighted by Gasteiger charge is 2.47. The molecule has 0 atom stereocenters. The molecule has 0 amide bonds. The van der Waals surface area contributed by atoms with E-state index in [0.717, 1.165) is 44.2 Å². The van der Waals surface area contributed by atoms with Crippen LogP contribution in [0.2, 0.25) is 0 Å². The summed E-state index contributed by atoms with van der Waals surface area (Å²) < 4.78 is 0. The molecule has 0 radical (unpaired) electrons. The van der Waals surface area contributed by atoms with Crippen molar-refractivity contribution in [1.29, 1.82) is 0 Å². The molecule has 0 aliphatic heterocycles. The SMILES string of the molecule is CC(C)(C)c1cc(-c2ccccc2O)nc2c1ccc1ccc(C3(c4ccccn4)c4ccccc4-c4ccccc43)cc12. The number of hydrogen-bond acceptors (Lipinski definition) is 3. The average Bonchev–Trinajstić information content (AvgIpc) is 3.35. The first-order chi connectivity index (χ1) is 21.4. The number of rotatable bonds is 3. The minimum Gasteiger partial charge on any atom is -0.507 e. The van der Waals surface area contributed by atoms with E-state index < -0.39 is 5.41 Å². The lowest BCUT2D eigenvalue weighted by Gasteiger charge is -2.33. The van der Waals surface area contributed by atoms with Crippen molar-refractivity contribution in [3.8, 4) is 28.1 Å². The fourth-order valence-corrected chi connectivity index (χ4v) is 7.25. The molecule has 2 aromatic heterocycles. The number of hydrogen-bond donors (Lipinski definition) is 1. The number of phenolic OH excluding ortho intramolecular Hbond substituents is 1. The lowest BCUT2D eigenvalue weighted by Crippen LogP contribution is -2.29. The molecule has 1 N–H and O–H groups in total. The van der Waals surface area contributed by atoms with Crippen molar-refractivity contribution in [3.05, 3.63) is 162 Å². The molecule has 2 heterocycles. The number of nitrogens with zero attached hydrogens (tertiary/aromatic N) is 2. The fraction of sp³-hybridized carbons (Fsp3) is 0.122. The Labute approximate surface area is 257 Å². The molecule has 1 aliphatic rings. The predicted octanol–water partition coefficient (Wildman–Crippen LogP) is 9.82. The van der Waals surface area contributed by atoms with Gasteiger partial charge < -0.3 is 5.11 Å². The van der Waals surface area contributed by atoms with Crippen LogP contribution in [-0.4, -0.2) is 15.1 Å². The minimum absolute atomic E-state index is 0.135. The summed E-state index contributed by atoms with van der Waals surface area (Å²) >= 11 is 0. The number of pyridine rings is 2. The molecule has 7 aromatic rings. The van der Waals surface area contributed by atoms with Crippen LogP contribution in [0, 0.1) is 0 Å². The number of aromatic nitrogens is 2. The first kappa shape index (κ1) is 26.4. The maximum atomic E-state index is 10.8. The summed E-state index contributed by atoms with van der Waals surface area (Å²) in [6.07, 6.45) is 1.90. The van der Waals surface area contributed by atoms with E-state index in [1.54, 1.807) is 6.07 Å². The van der Waals surface area contributed by atoms with Gasteiger partial charge in [-0.05, 0) is 80.6 Å². The van der Waals surface area contributed by atoms with Gasteiger partial charge in [-0.15, -0.1) is 0 Å². The number of aromatic hydroxyl groups is 1. The molecular formula is C41H32N2O. The van der Waals surface area contributed by atoms with Gasteiger partial charge in [0.1, 0.15) is 5.75 Å². The predicted molar refractivity (Wildman–Crippen MR) is 180 cm³/mol. The van der Waals surface area contributed by atoms with Gasteiger partial charge in [-0.3, -0.25) is 4.98 Å². The summed E-state index contributed by atoms with van der Waals surface area (Å²) in [6, 6.07) is 44.5. The van der Waals surface area contributed by atoms with E-state index in [-0.39, 0.29) is 11.2 Å². The summed E-state index contributed by atoms with van der Waals surface area (Å²) in [6.45, 7) is 6.71. The van der Waals surface area contributed by atoms with Gasteiger partial charge in [0.05, 0.1) is 22.3 Å². The van der Waals surface area contributed by atoms with Crippen LogP contribution in [0.15, 0.2) is 134 Å². The summed E-state index contributed by atoms with van der Waals surface area (Å²) in [5, 5.41) is 14.2. The average molecular weight is 569 g/mol. The van der Waals surface area contributed by atoms with Gasteiger partial charge in [-0.25, -0.2) is 4.98 Å². The Balaban J connectivity index is 1.50. The number of fused-ring (bicyclic) bond motifs is 6. The third-order valence-electron chi connectivity index (χ3n) is 9.22. The van der Waals surface area contributed by atoms with Crippen molar-refractivity contribution >= 4 is 21.7 Å². The van der Waals surface area contributed by atoms with Crippen molar-refractivity contribution in [2.75, 3.05) is 0 Å². The molecular weight excluding hydrogens is 536 g/mol. The molecule has 3 heteroatoms. The van der Waals surface area contributed by atoms with Crippen LogP contribution in [-0.2, 0) is 10.8 Å². The van der Waals surface area contributed by atoms with Crippen LogP contribution in [0.5, 0.6) is 5.75 Å². The quantitative estimate of drug-likeness (QED) is 0.216. The summed E-state index contributed by atoms with van der Waals surface area (Å²) in [4.78, 5) is 10.3. The lowest BCUT2D eigenvalue weighted by molar-refractivity contribution is 0.477. The molecule has 0 unspecified atom stereocenters. The van der Waals surface area contributed by atoms with Gasteiger partial charge in [0.2, 0.25) is 0 Å². The van der Waals surface area contributed by atoms with Crippen LogP contribution < -0.4 is 0 Å². The highest BCUT2D eigenvalue weighted by molar-refractivity contribution is 6.08. The molecule has 44 heavy (non-hydrogen) atoms. The zero-order valence-electron chi connectivity index (χ0n) is 25.0. The smallest absolute Gasteiger partial charge is 0.124 e. The highest BCUT2D eigenvalue weighted by atomic mass is 16.3. The van der Waals surface area contributed by atoms with E-state index in [9.17, 15) is 5.11 Å². The Hall–Kier alpha value is -5.28. The van der Waals surface area contributed by atoms with E-state index in [1.807, 2.05) is 30.5 Å². The first-order valence-electron chi connectivity index (χ1n) is 15.1. The Bertz CT molecular complexity index is 2180. The molecule has 0 fully saturated rings. The maximum absolute atomic E-state index is 10.8. The Morgan fingerprint density at radius 2 is 1.25 bits per heavy atom. The second-order valence-electron chi connectivity index (χ2n) is 12.8. The van der Waals surface area contributed by atoms with Gasteiger partial charge in [0, 0.05) is 22.5 Å². The highest BCUT2D eigenvalue weighted by Crippen LogP contribution is 2.56. The van der Waals surface area contributed by atoms with E-state index in [1.165, 1.54) is 27.8 Å². The normalized spacial score (nSPS) is 13.6. The Kier molecular flexibility index (Phi) is 5.76. The minimum atomic E-state index is -0.590. The van der Waals surface area contributed by atoms with Crippen LogP contribution in [0.3, 0.4) is 0 Å². The standard InChI is InChI=1S/C41H32N2O/c1-40(2,3)35-25-36(31-14-6-9-17-37(31)44)43-39-30(35)22-20-26-19-21-27(24-32(26)39)41(38-18-10-11-23-42-38)33-15-7-4-12-28(33)29-13-5-8-16-34(29)41/h4-25,44H,1-3H3. The van der Waals surface area contributed by atoms with E-state index in [0.29, 0.717) is 0 Å². The van der Waals surface area contributed by atoms with Crippen LogP contribution in [0.1, 0.15) is 48.7 Å². The monoisotopic (exact) mass is 568 g/mol. The Morgan fingerprint density at radius 3 is 1.91 bits per heavy atom. The van der Waals surface area contributed by atoms with Crippen LogP contribution in [0.25, 0.3) is 44.1 Å². The molecule has 8 rings (SSSR count). The van der Waals surface area contributed by atoms with Gasteiger partial charge in [0.25, 0.3) is 0 Å². The third-order valence-corrected chi connectivity index (χ3v) is 9.22. The lowest BCUT2D eigenvalue weighted by atomic mass is 9.69. The van der Waals surface area contributed by atoms with Crippen molar-refractivity contribution in [3.63, 3.8) is 0 Å². The summed E-state index contributed by atoms with van der Waals surface area (Å²) in [5.41, 5.74) is 10.0. The summed E-state index contributed by atoms with van der Waals surface area (Å²) in [7, 11) is 0. The van der Waals surface area contributed by atoms with Crippen LogP contribution in [0.4, 0.5) is 0 Å². The first-order valence-corrected chi connectivity index (χ1v) is 15.1. The zero-order chi connectivity index (χ0) is 30.1. The second-order valence-corrected chi connectivity index (χ2v) is 12.8. The van der Waals surface area contributed by atoms with Crippen LogP contribution >= 0.6 is 0 Å².